The Hall–Kier alpha value is -4.79. The number of aromatic amines is 1. The van der Waals surface area contributed by atoms with Gasteiger partial charge in [0.05, 0.1) is 7.11 Å². The Morgan fingerprint density at radius 1 is 0.838 bits per heavy atom. The third-order valence-electron chi connectivity index (χ3n) is 5.64. The van der Waals surface area contributed by atoms with Crippen molar-refractivity contribution in [2.75, 3.05) is 12.4 Å². The van der Waals surface area contributed by atoms with Crippen molar-refractivity contribution in [2.24, 2.45) is 0 Å². The number of carbonyl (C=O) groups is 3. The quantitative estimate of drug-likeness (QED) is 0.221. The molecular formula is C28H27N3O6. The maximum atomic E-state index is 12.4. The van der Waals surface area contributed by atoms with Crippen LogP contribution >= 0.6 is 0 Å². The number of fused-ring (bicyclic) bond motifs is 1. The molecule has 0 saturated heterocycles. The molecule has 0 aliphatic carbocycles. The number of hydrogen-bond donors (Lipinski definition) is 3. The van der Waals surface area contributed by atoms with Crippen molar-refractivity contribution < 1.29 is 28.6 Å². The van der Waals surface area contributed by atoms with Crippen LogP contribution in [0.1, 0.15) is 16.7 Å². The van der Waals surface area contributed by atoms with Gasteiger partial charge >= 0.3 is 18.2 Å². The molecule has 3 N–H and O–H groups in total. The highest BCUT2D eigenvalue weighted by Crippen LogP contribution is 2.24. The zero-order valence-electron chi connectivity index (χ0n) is 20.2. The smallest absolute Gasteiger partial charge is 0.411 e. The first-order valence-corrected chi connectivity index (χ1v) is 11.6. The van der Waals surface area contributed by atoms with Gasteiger partial charge in [-0.3, -0.25) is 5.32 Å². The molecule has 0 saturated carbocycles. The second-order valence-corrected chi connectivity index (χ2v) is 8.25. The molecule has 0 aliphatic rings. The van der Waals surface area contributed by atoms with E-state index in [0.717, 1.165) is 27.6 Å². The van der Waals surface area contributed by atoms with Gasteiger partial charge in [0.25, 0.3) is 0 Å². The minimum absolute atomic E-state index is 0.0725. The van der Waals surface area contributed by atoms with E-state index in [-0.39, 0.29) is 19.6 Å². The molecule has 9 nitrogen and oxygen atoms in total. The molecule has 1 aromatic heterocycles. The maximum Gasteiger partial charge on any atom is 0.411 e. The van der Waals surface area contributed by atoms with Crippen LogP contribution in [0.25, 0.3) is 10.9 Å². The zero-order valence-corrected chi connectivity index (χ0v) is 20.2. The average molecular weight is 502 g/mol. The average Bonchev–Trinajstić information content (AvgIpc) is 3.33. The Morgan fingerprint density at radius 2 is 1.46 bits per heavy atom. The van der Waals surface area contributed by atoms with Gasteiger partial charge in [0.1, 0.15) is 19.3 Å². The van der Waals surface area contributed by atoms with Crippen LogP contribution < -0.4 is 10.6 Å². The minimum Gasteiger partial charge on any atom is -0.467 e. The van der Waals surface area contributed by atoms with E-state index >= 15 is 0 Å². The first kappa shape index (κ1) is 25.3. The van der Waals surface area contributed by atoms with Gasteiger partial charge in [0, 0.05) is 29.2 Å². The second kappa shape index (κ2) is 12.3. The highest BCUT2D eigenvalue weighted by atomic mass is 16.6. The van der Waals surface area contributed by atoms with Crippen LogP contribution in [0, 0.1) is 0 Å². The number of methoxy groups -OCH3 is 1. The number of alkyl carbamates (subject to hydrolysis) is 1. The first-order chi connectivity index (χ1) is 18.0. The molecule has 0 bridgehead atoms. The number of H-pyrrole nitrogens is 1. The highest BCUT2D eigenvalue weighted by Gasteiger charge is 2.24. The van der Waals surface area contributed by atoms with Crippen LogP contribution in [0.2, 0.25) is 0 Å². The SMILES string of the molecule is COC(=O)[C@H](Cc1c[nH]c2ccc(NC(=O)OCc3ccccc3)cc12)NC(=O)OCc1ccccc1. The van der Waals surface area contributed by atoms with Crippen molar-refractivity contribution in [3.63, 3.8) is 0 Å². The number of ether oxygens (including phenoxy) is 3. The predicted octanol–water partition coefficient (Wildman–Crippen LogP) is 4.93. The Balaban J connectivity index is 1.40. The lowest BCUT2D eigenvalue weighted by Crippen LogP contribution is -2.43. The number of aromatic nitrogens is 1. The summed E-state index contributed by atoms with van der Waals surface area (Å²) >= 11 is 0. The van der Waals surface area contributed by atoms with Crippen LogP contribution in [0.5, 0.6) is 0 Å². The molecule has 4 aromatic rings. The van der Waals surface area contributed by atoms with Crippen molar-refractivity contribution in [3.8, 4) is 0 Å². The van der Waals surface area contributed by atoms with Gasteiger partial charge in [0.15, 0.2) is 0 Å². The molecule has 0 radical (unpaired) electrons. The maximum absolute atomic E-state index is 12.4. The van der Waals surface area contributed by atoms with Gasteiger partial charge in [-0.05, 0) is 34.9 Å². The summed E-state index contributed by atoms with van der Waals surface area (Å²) in [6.45, 7) is 0.222. The summed E-state index contributed by atoms with van der Waals surface area (Å²) in [4.78, 5) is 40.2. The highest BCUT2D eigenvalue weighted by molar-refractivity contribution is 5.92. The molecule has 0 aliphatic heterocycles. The van der Waals surface area contributed by atoms with E-state index in [4.69, 9.17) is 14.2 Å². The number of carbonyl (C=O) groups excluding carboxylic acids is 3. The summed E-state index contributed by atoms with van der Waals surface area (Å²) in [5.41, 5.74) is 3.77. The summed E-state index contributed by atoms with van der Waals surface area (Å²) in [5, 5.41) is 6.07. The van der Waals surface area contributed by atoms with Crippen molar-refractivity contribution >= 4 is 34.7 Å². The van der Waals surface area contributed by atoms with Crippen LogP contribution in [-0.4, -0.2) is 36.3 Å². The van der Waals surface area contributed by atoms with Gasteiger partial charge < -0.3 is 24.5 Å². The molecule has 0 fully saturated rings. The summed E-state index contributed by atoms with van der Waals surface area (Å²) in [7, 11) is 1.25. The van der Waals surface area contributed by atoms with Gasteiger partial charge in [-0.25, -0.2) is 14.4 Å². The van der Waals surface area contributed by atoms with Gasteiger partial charge in [-0.1, -0.05) is 60.7 Å². The molecule has 0 unspecified atom stereocenters. The molecule has 4 rings (SSSR count). The molecule has 1 heterocycles. The fourth-order valence-corrected chi connectivity index (χ4v) is 3.76. The topological polar surface area (TPSA) is 119 Å². The molecule has 190 valence electrons. The minimum atomic E-state index is -0.972. The van der Waals surface area contributed by atoms with E-state index in [1.54, 1.807) is 24.4 Å². The first-order valence-electron chi connectivity index (χ1n) is 11.6. The molecule has 0 spiro atoms. The lowest BCUT2D eigenvalue weighted by Gasteiger charge is -2.16. The Morgan fingerprint density at radius 3 is 2.08 bits per heavy atom. The molecule has 2 amide bonds. The normalized spacial score (nSPS) is 11.4. The molecule has 3 aromatic carbocycles. The van der Waals surface area contributed by atoms with Crippen LogP contribution in [0.3, 0.4) is 0 Å². The Bertz CT molecular complexity index is 1350. The monoisotopic (exact) mass is 501 g/mol. The third-order valence-corrected chi connectivity index (χ3v) is 5.64. The molecule has 1 atom stereocenters. The van der Waals surface area contributed by atoms with E-state index in [9.17, 15) is 14.4 Å². The Labute approximate surface area is 213 Å². The summed E-state index contributed by atoms with van der Waals surface area (Å²) in [6, 6.07) is 22.9. The van der Waals surface area contributed by atoms with Crippen molar-refractivity contribution in [1.82, 2.24) is 10.3 Å². The van der Waals surface area contributed by atoms with Crippen molar-refractivity contribution in [3.05, 3.63) is 102 Å². The van der Waals surface area contributed by atoms with Gasteiger partial charge in [-0.2, -0.15) is 0 Å². The zero-order chi connectivity index (χ0) is 26.0. The predicted molar refractivity (Wildman–Crippen MR) is 138 cm³/mol. The van der Waals surface area contributed by atoms with E-state index in [1.165, 1.54) is 7.11 Å². The van der Waals surface area contributed by atoms with Crippen LogP contribution in [0.15, 0.2) is 85.1 Å². The fraction of sp³-hybridized carbons (Fsp3) is 0.179. The number of amides is 2. The van der Waals surface area contributed by atoms with Crippen molar-refractivity contribution in [2.45, 2.75) is 25.7 Å². The van der Waals surface area contributed by atoms with Gasteiger partial charge in [0.2, 0.25) is 0 Å². The number of hydrogen-bond acceptors (Lipinski definition) is 6. The number of anilines is 1. The standard InChI is InChI=1S/C28H27N3O6/c1-35-26(32)25(31-28(34)37-18-20-10-6-3-7-11-20)14-21-16-29-24-13-12-22(15-23(21)24)30-27(33)36-17-19-8-4-2-5-9-19/h2-13,15-16,25,29H,14,17-18H2,1H3,(H,30,33)(H,31,34)/t25-/m0/s1. The molecule has 37 heavy (non-hydrogen) atoms. The Kier molecular flexibility index (Phi) is 8.38. The third kappa shape index (κ3) is 7.11. The van der Waals surface area contributed by atoms with Crippen molar-refractivity contribution in [1.29, 1.82) is 0 Å². The van der Waals surface area contributed by atoms with Crippen LogP contribution in [0.4, 0.5) is 15.3 Å². The second-order valence-electron chi connectivity index (χ2n) is 8.25. The summed E-state index contributed by atoms with van der Waals surface area (Å²) < 4.78 is 15.4. The summed E-state index contributed by atoms with van der Waals surface area (Å²) in [5.74, 6) is -0.607. The largest absolute Gasteiger partial charge is 0.467 e. The van der Waals surface area contributed by atoms with Gasteiger partial charge in [-0.15, -0.1) is 0 Å². The number of rotatable bonds is 9. The van der Waals surface area contributed by atoms with E-state index in [1.807, 2.05) is 60.7 Å². The summed E-state index contributed by atoms with van der Waals surface area (Å²) in [6.07, 6.45) is 0.572. The number of esters is 1. The number of benzene rings is 3. The van der Waals surface area contributed by atoms with E-state index < -0.39 is 24.2 Å². The molecule has 9 heteroatoms. The number of nitrogens with one attached hydrogen (secondary N) is 3. The van der Waals surface area contributed by atoms with Crippen LogP contribution in [-0.2, 0) is 38.6 Å². The van der Waals surface area contributed by atoms with E-state index in [2.05, 4.69) is 15.6 Å². The van der Waals surface area contributed by atoms with E-state index in [0.29, 0.717) is 5.69 Å². The lowest BCUT2D eigenvalue weighted by molar-refractivity contribution is -0.143. The molecular weight excluding hydrogens is 474 g/mol. The lowest BCUT2D eigenvalue weighted by atomic mass is 10.0. The fourth-order valence-electron chi connectivity index (χ4n) is 3.76.